The molecule has 2 N–H and O–H groups in total. The largest absolute Gasteiger partial charge is 0.488 e. The van der Waals surface area contributed by atoms with Gasteiger partial charge in [-0.1, -0.05) is 44.0 Å². The van der Waals surface area contributed by atoms with Crippen molar-refractivity contribution < 1.29 is 12.9 Å². The summed E-state index contributed by atoms with van der Waals surface area (Å²) in [5.74, 6) is 0. The van der Waals surface area contributed by atoms with Gasteiger partial charge in [0, 0.05) is 2.85 Å². The predicted octanol–water partition coefficient (Wildman–Crippen LogP) is 1.59. The fraction of sp³-hybridized carbons (Fsp3) is 0.455. The summed E-state index contributed by atoms with van der Waals surface area (Å²) in [4.78, 5) is 0. The van der Waals surface area contributed by atoms with E-state index in [0.717, 1.165) is 6.42 Å². The van der Waals surface area contributed by atoms with Crippen molar-refractivity contribution in [2.45, 2.75) is 32.6 Å². The molecule has 1 rings (SSSR count). The first kappa shape index (κ1) is 11.3. The van der Waals surface area contributed by atoms with Crippen molar-refractivity contribution in [1.82, 2.24) is 0 Å². The van der Waals surface area contributed by atoms with Crippen molar-refractivity contribution in [3.05, 3.63) is 29.8 Å². The van der Waals surface area contributed by atoms with Crippen molar-refractivity contribution >= 4 is 12.6 Å². The van der Waals surface area contributed by atoms with Gasteiger partial charge in [-0.15, -0.1) is 0 Å². The van der Waals surface area contributed by atoms with Crippen molar-refractivity contribution in [1.29, 1.82) is 0 Å². The van der Waals surface area contributed by atoms with E-state index < -0.39 is 7.12 Å². The Kier molecular flexibility index (Phi) is 4.70. The van der Waals surface area contributed by atoms with Crippen molar-refractivity contribution in [3.63, 3.8) is 0 Å². The van der Waals surface area contributed by atoms with Crippen LogP contribution in [0, 0.1) is 0 Å². The maximum atomic E-state index is 8.88. The van der Waals surface area contributed by atoms with Crippen LogP contribution in [0.1, 0.15) is 34.6 Å². The molecule has 1 aromatic carbocycles. The quantitative estimate of drug-likeness (QED) is 0.554. The highest BCUT2D eigenvalue weighted by molar-refractivity contribution is 6.58. The third-order valence-corrected chi connectivity index (χ3v) is 2.35. The van der Waals surface area contributed by atoms with Gasteiger partial charge in [0.05, 0.1) is 0 Å². The minimum absolute atomic E-state index is 0. The summed E-state index contributed by atoms with van der Waals surface area (Å²) in [6.07, 6.45) is 4.77. The fourth-order valence-corrected chi connectivity index (χ4v) is 1.44. The molecule has 0 fully saturated rings. The summed E-state index contributed by atoms with van der Waals surface area (Å²) in [5.41, 5.74) is 1.83. The van der Waals surface area contributed by atoms with Crippen LogP contribution in [0.2, 0.25) is 0 Å². The molecule has 14 heavy (non-hydrogen) atoms. The molecule has 0 atom stereocenters. The van der Waals surface area contributed by atoms with Crippen LogP contribution in [0.4, 0.5) is 0 Å². The first-order chi connectivity index (χ1) is 6.74. The molecule has 0 radical (unpaired) electrons. The van der Waals surface area contributed by atoms with E-state index in [9.17, 15) is 0 Å². The summed E-state index contributed by atoms with van der Waals surface area (Å²) >= 11 is 0. The molecule has 0 aromatic heterocycles. The van der Waals surface area contributed by atoms with Crippen LogP contribution in [0.5, 0.6) is 0 Å². The van der Waals surface area contributed by atoms with Gasteiger partial charge in [-0.05, 0) is 23.9 Å². The average molecular weight is 196 g/mol. The van der Waals surface area contributed by atoms with E-state index in [1.807, 2.05) is 12.1 Å². The molecule has 0 heterocycles. The second-order valence-electron chi connectivity index (χ2n) is 3.57. The Bertz CT molecular complexity index is 265. The lowest BCUT2D eigenvalue weighted by Crippen LogP contribution is -2.29. The highest BCUT2D eigenvalue weighted by Crippen LogP contribution is 2.05. The van der Waals surface area contributed by atoms with Gasteiger partial charge in [-0.2, -0.15) is 0 Å². The normalized spacial score (nSPS) is 10.2. The van der Waals surface area contributed by atoms with Crippen LogP contribution in [-0.4, -0.2) is 17.2 Å². The van der Waals surface area contributed by atoms with Crippen molar-refractivity contribution in [3.8, 4) is 0 Å². The molecule has 0 saturated heterocycles. The first-order valence-corrected chi connectivity index (χ1v) is 5.19. The maximum Gasteiger partial charge on any atom is 0.488 e. The topological polar surface area (TPSA) is 40.5 Å². The molecule has 0 aliphatic heterocycles. The smallest absolute Gasteiger partial charge is 0.423 e. The Morgan fingerprint density at radius 2 is 1.79 bits per heavy atom. The van der Waals surface area contributed by atoms with Crippen LogP contribution < -0.4 is 5.46 Å². The van der Waals surface area contributed by atoms with E-state index >= 15 is 0 Å². The van der Waals surface area contributed by atoms with E-state index in [-0.39, 0.29) is 2.85 Å². The lowest BCUT2D eigenvalue weighted by atomic mass is 9.80. The molecule has 3 heteroatoms. The summed E-state index contributed by atoms with van der Waals surface area (Å²) < 4.78 is 0. The molecule has 0 spiro atoms. The summed E-state index contributed by atoms with van der Waals surface area (Å²) in [7, 11) is -1.35. The molecular weight excluding hydrogens is 175 g/mol. The zero-order valence-corrected chi connectivity index (χ0v) is 8.61. The highest BCUT2D eigenvalue weighted by atomic mass is 16.4. The number of benzene rings is 1. The Hall–Kier alpha value is -0.795. The van der Waals surface area contributed by atoms with E-state index in [0.29, 0.717) is 5.46 Å². The second-order valence-corrected chi connectivity index (χ2v) is 3.57. The van der Waals surface area contributed by atoms with Crippen LogP contribution in [0.3, 0.4) is 0 Å². The van der Waals surface area contributed by atoms with Crippen molar-refractivity contribution in [2.24, 2.45) is 0 Å². The van der Waals surface area contributed by atoms with E-state index in [2.05, 4.69) is 6.92 Å². The van der Waals surface area contributed by atoms with Crippen LogP contribution >= 0.6 is 0 Å². The molecular formula is C11H21BO2. The molecule has 0 saturated carbocycles. The van der Waals surface area contributed by atoms with Crippen LogP contribution in [0.25, 0.3) is 0 Å². The number of aryl methyl sites for hydroxylation is 1. The summed E-state index contributed by atoms with van der Waals surface area (Å²) in [5, 5.41) is 17.8. The molecule has 1 aromatic rings. The lowest BCUT2D eigenvalue weighted by Gasteiger charge is -2.02. The third kappa shape index (κ3) is 3.52. The van der Waals surface area contributed by atoms with Gasteiger partial charge in [0.1, 0.15) is 0 Å². The predicted molar refractivity (Wildman–Crippen MR) is 63.7 cm³/mol. The van der Waals surface area contributed by atoms with E-state index in [1.54, 1.807) is 12.1 Å². The molecule has 0 bridgehead atoms. The zero-order valence-electron chi connectivity index (χ0n) is 8.61. The van der Waals surface area contributed by atoms with Crippen LogP contribution in [0.15, 0.2) is 24.3 Å². The van der Waals surface area contributed by atoms with Gasteiger partial charge in [0.2, 0.25) is 0 Å². The minimum atomic E-state index is -1.35. The first-order valence-electron chi connectivity index (χ1n) is 5.19. The van der Waals surface area contributed by atoms with Gasteiger partial charge in [0.25, 0.3) is 0 Å². The SMILES string of the molecule is CCCCCc1ccc(B(O)O)cc1.[HH].[HH]. The summed E-state index contributed by atoms with van der Waals surface area (Å²) in [6, 6.07) is 7.47. The molecule has 0 amide bonds. The Balaban J connectivity index is 0. The van der Waals surface area contributed by atoms with Gasteiger partial charge in [-0.3, -0.25) is 0 Å². The number of hydrogen-bond acceptors (Lipinski definition) is 2. The fourth-order valence-electron chi connectivity index (χ4n) is 1.44. The molecule has 80 valence electrons. The average Bonchev–Trinajstić information content (AvgIpc) is 2.19. The minimum Gasteiger partial charge on any atom is -0.423 e. The van der Waals surface area contributed by atoms with Gasteiger partial charge < -0.3 is 10.0 Å². The Labute approximate surface area is 88.7 Å². The number of hydrogen-bond donors (Lipinski definition) is 2. The third-order valence-electron chi connectivity index (χ3n) is 2.35. The zero-order chi connectivity index (χ0) is 10.4. The second kappa shape index (κ2) is 5.84. The van der Waals surface area contributed by atoms with Crippen molar-refractivity contribution in [2.75, 3.05) is 0 Å². The maximum absolute atomic E-state index is 8.88. The molecule has 0 aliphatic rings. The van der Waals surface area contributed by atoms with Crippen LogP contribution in [-0.2, 0) is 6.42 Å². The molecule has 0 aliphatic carbocycles. The highest BCUT2D eigenvalue weighted by Gasteiger charge is 2.09. The monoisotopic (exact) mass is 196 g/mol. The molecule has 0 unspecified atom stereocenters. The lowest BCUT2D eigenvalue weighted by molar-refractivity contribution is 0.426. The summed E-state index contributed by atoms with van der Waals surface area (Å²) in [6.45, 7) is 2.19. The number of rotatable bonds is 5. The number of unbranched alkanes of at least 4 members (excludes halogenated alkanes) is 2. The standard InChI is InChI=1S/C11H17BO2.2H2/c1-2-3-4-5-10-6-8-11(9-7-10)12(13)14;;/h6-9,13-14H,2-5H2,1H3;2*1H. The van der Waals surface area contributed by atoms with Gasteiger partial charge in [-0.25, -0.2) is 0 Å². The van der Waals surface area contributed by atoms with Gasteiger partial charge in [0.15, 0.2) is 0 Å². The van der Waals surface area contributed by atoms with E-state index in [4.69, 9.17) is 10.0 Å². The van der Waals surface area contributed by atoms with E-state index in [1.165, 1.54) is 24.8 Å². The molecule has 2 nitrogen and oxygen atoms in total. The Morgan fingerprint density at radius 1 is 1.14 bits per heavy atom. The van der Waals surface area contributed by atoms with Gasteiger partial charge >= 0.3 is 7.12 Å². The Morgan fingerprint density at radius 3 is 2.29 bits per heavy atom.